The van der Waals surface area contributed by atoms with Crippen LogP contribution in [-0.2, 0) is 16.6 Å². The molecule has 0 radical (unpaired) electrons. The molecule has 2 aromatic carbocycles. The Labute approximate surface area is 158 Å². The summed E-state index contributed by atoms with van der Waals surface area (Å²) in [6, 6.07) is 11.3. The quantitative estimate of drug-likeness (QED) is 0.575. The van der Waals surface area contributed by atoms with E-state index in [1.165, 1.54) is 12.8 Å². The van der Waals surface area contributed by atoms with Crippen LogP contribution >= 0.6 is 11.6 Å². The van der Waals surface area contributed by atoms with Gasteiger partial charge >= 0.3 is 0 Å². The Morgan fingerprint density at radius 2 is 1.88 bits per heavy atom. The van der Waals surface area contributed by atoms with Crippen molar-refractivity contribution < 1.29 is 8.42 Å². The predicted octanol–water partition coefficient (Wildman–Crippen LogP) is 4.54. The molecule has 0 heterocycles. The molecule has 138 valence electrons. The molecule has 0 amide bonds. The van der Waals surface area contributed by atoms with Crippen LogP contribution < -0.4 is 10.0 Å². The normalized spacial score (nSPS) is 14.2. The third-order valence-electron chi connectivity index (χ3n) is 4.31. The van der Waals surface area contributed by atoms with E-state index in [1.54, 1.807) is 0 Å². The van der Waals surface area contributed by atoms with Gasteiger partial charge in [-0.05, 0) is 36.0 Å². The maximum atomic E-state index is 11.2. The summed E-state index contributed by atoms with van der Waals surface area (Å²) in [4.78, 5) is 0. The first kappa shape index (κ1) is 18.8. The number of hydrogen-bond donors (Lipinski definition) is 3. The molecule has 0 unspecified atom stereocenters. The second-order valence-corrected chi connectivity index (χ2v) is 8.76. The van der Waals surface area contributed by atoms with Gasteiger partial charge in [-0.1, -0.05) is 41.9 Å². The predicted molar refractivity (Wildman–Crippen MR) is 105 cm³/mol. The first-order valence-corrected chi connectivity index (χ1v) is 10.6. The minimum atomic E-state index is -3.22. The molecule has 8 heteroatoms. The summed E-state index contributed by atoms with van der Waals surface area (Å²) >= 11 is 6.49. The molecule has 0 bridgehead atoms. The largest absolute Gasteiger partial charge is 0.383 e. The smallest absolute Gasteiger partial charge is 0.209 e. The van der Waals surface area contributed by atoms with Crippen LogP contribution in [0.5, 0.6) is 0 Å². The molecule has 0 saturated heterocycles. The molecule has 1 saturated carbocycles. The fourth-order valence-electron chi connectivity index (χ4n) is 2.63. The van der Waals surface area contributed by atoms with Crippen LogP contribution in [0.3, 0.4) is 0 Å². The van der Waals surface area contributed by atoms with Gasteiger partial charge in [0.25, 0.3) is 0 Å². The summed E-state index contributed by atoms with van der Waals surface area (Å²) in [6.45, 7) is 1.12. The van der Waals surface area contributed by atoms with Crippen molar-refractivity contribution in [3.8, 4) is 11.1 Å². The molecule has 6 nitrogen and oxygen atoms in total. The van der Waals surface area contributed by atoms with Crippen LogP contribution in [0, 0.1) is 11.4 Å². The second kappa shape index (κ2) is 7.73. The van der Waals surface area contributed by atoms with Crippen molar-refractivity contribution in [2.75, 3.05) is 18.1 Å². The molecule has 1 aliphatic rings. The van der Waals surface area contributed by atoms with Gasteiger partial charge in [0.05, 0.1) is 17.0 Å². The topological polar surface area (TPSA) is 94.4 Å². The molecule has 0 aromatic heterocycles. The van der Waals surface area contributed by atoms with Crippen molar-refractivity contribution in [1.29, 1.82) is 5.53 Å². The van der Waals surface area contributed by atoms with Crippen LogP contribution in [0.2, 0.25) is 5.02 Å². The monoisotopic (exact) mass is 392 g/mol. The molecule has 1 fully saturated rings. The third kappa shape index (κ3) is 4.81. The van der Waals surface area contributed by atoms with Crippen molar-refractivity contribution in [2.45, 2.75) is 19.4 Å². The van der Waals surface area contributed by atoms with Crippen LogP contribution in [0.25, 0.3) is 11.1 Å². The van der Waals surface area contributed by atoms with E-state index in [0.717, 1.165) is 35.2 Å². The number of nitrogens with zero attached hydrogens (tertiary/aromatic N) is 1. The maximum absolute atomic E-state index is 11.2. The molecule has 26 heavy (non-hydrogen) atoms. The van der Waals surface area contributed by atoms with E-state index in [2.05, 4.69) is 15.2 Å². The van der Waals surface area contributed by atoms with Gasteiger partial charge in [0.2, 0.25) is 10.0 Å². The summed E-state index contributed by atoms with van der Waals surface area (Å²) in [6.07, 6.45) is 3.62. The number of hydrogen-bond acceptors (Lipinski definition) is 5. The molecule has 0 spiro atoms. The number of anilines is 1. The number of nitrogens with one attached hydrogen (secondary N) is 3. The van der Waals surface area contributed by atoms with Gasteiger partial charge in [-0.2, -0.15) is 5.11 Å². The molecular weight excluding hydrogens is 372 g/mol. The highest BCUT2D eigenvalue weighted by Crippen LogP contribution is 2.41. The van der Waals surface area contributed by atoms with Crippen LogP contribution in [0.1, 0.15) is 18.4 Å². The van der Waals surface area contributed by atoms with Crippen molar-refractivity contribution in [3.05, 3.63) is 47.0 Å². The van der Waals surface area contributed by atoms with E-state index in [0.29, 0.717) is 16.6 Å². The molecule has 1 aliphatic carbocycles. The van der Waals surface area contributed by atoms with E-state index < -0.39 is 10.0 Å². The lowest BCUT2D eigenvalue weighted by molar-refractivity contribution is 0.587. The Morgan fingerprint density at radius 1 is 1.19 bits per heavy atom. The van der Waals surface area contributed by atoms with Crippen molar-refractivity contribution in [2.24, 2.45) is 11.0 Å². The van der Waals surface area contributed by atoms with Gasteiger partial charge in [-0.3, -0.25) is 0 Å². The SMILES string of the molecule is CS(=O)(=O)NCc1ccc(-c2ccc(NCC3CC3)c(N=N)c2Cl)cc1. The summed E-state index contributed by atoms with van der Waals surface area (Å²) < 4.78 is 24.8. The molecule has 0 atom stereocenters. The Hall–Kier alpha value is -1.96. The molecule has 2 aromatic rings. The highest BCUT2D eigenvalue weighted by atomic mass is 35.5. The van der Waals surface area contributed by atoms with Crippen molar-refractivity contribution >= 4 is 33.0 Å². The van der Waals surface area contributed by atoms with Gasteiger partial charge in [-0.15, -0.1) is 0 Å². The second-order valence-electron chi connectivity index (χ2n) is 6.55. The lowest BCUT2D eigenvalue weighted by Crippen LogP contribution is -2.21. The average molecular weight is 393 g/mol. The lowest BCUT2D eigenvalue weighted by Gasteiger charge is -2.13. The Morgan fingerprint density at radius 3 is 2.46 bits per heavy atom. The minimum Gasteiger partial charge on any atom is -0.383 e. The van der Waals surface area contributed by atoms with E-state index in [9.17, 15) is 8.42 Å². The van der Waals surface area contributed by atoms with Crippen LogP contribution in [-0.4, -0.2) is 21.2 Å². The summed E-state index contributed by atoms with van der Waals surface area (Å²) in [5.74, 6) is 0.708. The fraction of sp³-hybridized carbons (Fsp3) is 0.333. The first-order chi connectivity index (χ1) is 12.4. The number of halogens is 1. The Bertz CT molecular complexity index is 910. The summed E-state index contributed by atoms with van der Waals surface area (Å²) in [7, 11) is -3.22. The van der Waals surface area contributed by atoms with Crippen LogP contribution in [0.4, 0.5) is 11.4 Å². The Balaban J connectivity index is 1.80. The maximum Gasteiger partial charge on any atom is 0.209 e. The zero-order valence-electron chi connectivity index (χ0n) is 14.4. The van der Waals surface area contributed by atoms with E-state index >= 15 is 0 Å². The fourth-order valence-corrected chi connectivity index (χ4v) is 3.38. The minimum absolute atomic E-state index is 0.240. The highest BCUT2D eigenvalue weighted by Gasteiger charge is 2.21. The summed E-state index contributed by atoms with van der Waals surface area (Å²) in [5.41, 5.74) is 11.2. The van der Waals surface area contributed by atoms with E-state index in [4.69, 9.17) is 17.1 Å². The van der Waals surface area contributed by atoms with Crippen molar-refractivity contribution in [3.63, 3.8) is 0 Å². The van der Waals surface area contributed by atoms with Gasteiger partial charge in [-0.25, -0.2) is 18.7 Å². The first-order valence-electron chi connectivity index (χ1n) is 8.35. The van der Waals surface area contributed by atoms with Crippen molar-refractivity contribution in [1.82, 2.24) is 4.72 Å². The Kier molecular flexibility index (Phi) is 5.60. The molecule has 3 N–H and O–H groups in total. The standard InChI is InChI=1S/C18H21ClN4O2S/c1-26(24,25)22-11-13-4-6-14(7-5-13)15-8-9-16(18(23-20)17(15)19)21-10-12-2-3-12/h4-9,12,20-22H,2-3,10-11H2,1H3. The van der Waals surface area contributed by atoms with Crippen LogP contribution in [0.15, 0.2) is 41.5 Å². The number of sulfonamides is 1. The van der Waals surface area contributed by atoms with E-state index in [-0.39, 0.29) is 6.54 Å². The zero-order chi connectivity index (χ0) is 18.7. The number of benzene rings is 2. The third-order valence-corrected chi connectivity index (χ3v) is 5.36. The summed E-state index contributed by atoms with van der Waals surface area (Å²) in [5, 5.41) is 7.36. The van der Waals surface area contributed by atoms with Gasteiger partial charge in [0, 0.05) is 18.7 Å². The zero-order valence-corrected chi connectivity index (χ0v) is 16.0. The molecule has 3 rings (SSSR count). The molecular formula is C18H21ClN4O2S. The average Bonchev–Trinajstić information content (AvgIpc) is 3.42. The van der Waals surface area contributed by atoms with Gasteiger partial charge in [0.15, 0.2) is 0 Å². The molecule has 0 aliphatic heterocycles. The highest BCUT2D eigenvalue weighted by molar-refractivity contribution is 7.88. The van der Waals surface area contributed by atoms with Gasteiger partial charge in [0.1, 0.15) is 5.69 Å². The van der Waals surface area contributed by atoms with Gasteiger partial charge < -0.3 is 5.32 Å². The lowest BCUT2D eigenvalue weighted by atomic mass is 10.0. The number of rotatable bonds is 8. The van der Waals surface area contributed by atoms with E-state index in [1.807, 2.05) is 36.4 Å².